The molecule has 0 radical (unpaired) electrons. The van der Waals surface area contributed by atoms with E-state index in [4.69, 9.17) is 33.7 Å². The van der Waals surface area contributed by atoms with Gasteiger partial charge in [-0.3, -0.25) is 9.36 Å². The van der Waals surface area contributed by atoms with Crippen LogP contribution >= 0.6 is 27.3 Å². The summed E-state index contributed by atoms with van der Waals surface area (Å²) < 4.78 is 36.0. The topological polar surface area (TPSA) is 148 Å². The zero-order chi connectivity index (χ0) is 36.7. The number of thiazole rings is 1. The minimum Gasteiger partial charge on any atom is -0.493 e. The van der Waals surface area contributed by atoms with Crippen LogP contribution in [0.5, 0.6) is 23.0 Å². The molecule has 51 heavy (non-hydrogen) atoms. The molecule has 12 nitrogen and oxygen atoms in total. The largest absolute Gasteiger partial charge is 0.493 e. The van der Waals surface area contributed by atoms with E-state index in [1.54, 1.807) is 75.4 Å². The molecule has 5 rings (SSSR count). The van der Waals surface area contributed by atoms with Crippen molar-refractivity contribution in [2.45, 2.75) is 33.4 Å². The zero-order valence-electron chi connectivity index (χ0n) is 28.5. The molecule has 0 bridgehead atoms. The molecule has 0 saturated carbocycles. The lowest BCUT2D eigenvalue weighted by molar-refractivity contribution is -0.143. The Morgan fingerprint density at radius 2 is 1.76 bits per heavy atom. The zero-order valence-corrected chi connectivity index (χ0v) is 30.9. The molecule has 1 atom stereocenters. The number of hydrogen-bond acceptors (Lipinski definition) is 12. The molecule has 14 heteroatoms. The first-order valence-electron chi connectivity index (χ1n) is 15.8. The standard InChI is InChI=1S/C37H34BrN3O9S/c1-6-47-28-15-24(12-13-27(28)49-20-31(42)46-5)33-32(36(44)48-7-2)21(3)40-37-41(33)35(43)30(51-37)16-25-14-26(38)17-29(45-4)34(25)50-19-23-10-8-22(18-39)9-11-23/h8-17,33H,6-7,19-20H2,1-5H3/b30-16+/t33-/m1/s1. The third-order valence-electron chi connectivity index (χ3n) is 7.69. The third kappa shape index (κ3) is 8.16. The van der Waals surface area contributed by atoms with Crippen LogP contribution in [0.15, 0.2) is 80.1 Å². The highest BCUT2D eigenvalue weighted by Crippen LogP contribution is 2.38. The van der Waals surface area contributed by atoms with Gasteiger partial charge in [0.15, 0.2) is 34.4 Å². The number of esters is 2. The molecule has 1 aliphatic rings. The summed E-state index contributed by atoms with van der Waals surface area (Å²) >= 11 is 4.69. The number of methoxy groups -OCH3 is 2. The summed E-state index contributed by atoms with van der Waals surface area (Å²) in [5.41, 5.74) is 2.64. The van der Waals surface area contributed by atoms with Crippen LogP contribution in [0.2, 0.25) is 0 Å². The molecule has 0 unspecified atom stereocenters. The Bertz CT molecular complexity index is 2220. The number of allylic oxidation sites excluding steroid dienone is 1. The minimum absolute atomic E-state index is 0.118. The first-order chi connectivity index (χ1) is 24.6. The van der Waals surface area contributed by atoms with E-state index in [0.29, 0.717) is 53.4 Å². The van der Waals surface area contributed by atoms with Crippen molar-refractivity contribution in [3.05, 3.63) is 112 Å². The Morgan fingerprint density at radius 1 is 1.00 bits per heavy atom. The van der Waals surface area contributed by atoms with E-state index in [-0.39, 0.29) is 37.8 Å². The van der Waals surface area contributed by atoms with E-state index < -0.39 is 23.5 Å². The van der Waals surface area contributed by atoms with E-state index in [1.807, 2.05) is 6.07 Å². The number of hydrogen-bond donors (Lipinski definition) is 0. The molecule has 2 heterocycles. The number of aromatic nitrogens is 1. The predicted molar refractivity (Wildman–Crippen MR) is 192 cm³/mol. The Labute approximate surface area is 305 Å². The number of nitriles is 1. The molecule has 0 N–H and O–H groups in total. The number of ether oxygens (including phenoxy) is 6. The van der Waals surface area contributed by atoms with E-state index in [9.17, 15) is 14.4 Å². The van der Waals surface area contributed by atoms with Crippen molar-refractivity contribution in [1.29, 1.82) is 5.26 Å². The molecular weight excluding hydrogens is 742 g/mol. The fourth-order valence-electron chi connectivity index (χ4n) is 5.36. The number of carbonyl (C=O) groups is 2. The number of halogens is 1. The fourth-order valence-corrected chi connectivity index (χ4v) is 6.85. The molecular formula is C37H34BrN3O9S. The Hall–Kier alpha value is -5.39. The Balaban J connectivity index is 1.65. The van der Waals surface area contributed by atoms with Crippen LogP contribution in [-0.4, -0.2) is 50.5 Å². The highest BCUT2D eigenvalue weighted by molar-refractivity contribution is 9.10. The van der Waals surface area contributed by atoms with E-state index >= 15 is 0 Å². The second-order valence-electron chi connectivity index (χ2n) is 10.9. The summed E-state index contributed by atoms with van der Waals surface area (Å²) in [7, 11) is 2.79. The molecule has 4 aromatic rings. The van der Waals surface area contributed by atoms with Crippen LogP contribution in [0.25, 0.3) is 6.08 Å². The van der Waals surface area contributed by atoms with Gasteiger partial charge in [0.25, 0.3) is 5.56 Å². The van der Waals surface area contributed by atoms with Gasteiger partial charge in [0.05, 0.1) is 60.9 Å². The van der Waals surface area contributed by atoms with Crippen molar-refractivity contribution in [2.24, 2.45) is 4.99 Å². The normalized spacial score (nSPS) is 13.8. The van der Waals surface area contributed by atoms with Crippen molar-refractivity contribution in [1.82, 2.24) is 4.57 Å². The van der Waals surface area contributed by atoms with Crippen molar-refractivity contribution in [2.75, 3.05) is 34.0 Å². The van der Waals surface area contributed by atoms with Gasteiger partial charge >= 0.3 is 11.9 Å². The summed E-state index contributed by atoms with van der Waals surface area (Å²) in [6.45, 7) is 5.44. The van der Waals surface area contributed by atoms with Crippen LogP contribution in [0.4, 0.5) is 0 Å². The smallest absolute Gasteiger partial charge is 0.343 e. The average molecular weight is 777 g/mol. The molecule has 0 aliphatic carbocycles. The third-order valence-corrected chi connectivity index (χ3v) is 9.14. The Kier molecular flexibility index (Phi) is 12.0. The van der Waals surface area contributed by atoms with Crippen molar-refractivity contribution >= 4 is 45.3 Å². The average Bonchev–Trinajstić information content (AvgIpc) is 3.43. The summed E-state index contributed by atoms with van der Waals surface area (Å²) in [6, 6.07) is 16.8. The molecule has 0 fully saturated rings. The molecule has 1 aromatic heterocycles. The van der Waals surface area contributed by atoms with Gasteiger partial charge in [-0.1, -0.05) is 45.5 Å². The van der Waals surface area contributed by atoms with E-state index in [2.05, 4.69) is 27.0 Å². The summed E-state index contributed by atoms with van der Waals surface area (Å²) in [4.78, 5) is 44.7. The number of benzene rings is 3. The van der Waals surface area contributed by atoms with Crippen LogP contribution in [-0.2, 0) is 25.7 Å². The lowest BCUT2D eigenvalue weighted by Gasteiger charge is -2.25. The monoisotopic (exact) mass is 775 g/mol. The molecule has 1 aliphatic heterocycles. The maximum atomic E-state index is 14.4. The number of nitrogens with zero attached hydrogens (tertiary/aromatic N) is 3. The van der Waals surface area contributed by atoms with Gasteiger partial charge in [-0.05, 0) is 74.4 Å². The highest BCUT2D eigenvalue weighted by Gasteiger charge is 2.34. The quantitative estimate of drug-likeness (QED) is 0.171. The van der Waals surface area contributed by atoms with Crippen LogP contribution in [0, 0.1) is 11.3 Å². The maximum absolute atomic E-state index is 14.4. The maximum Gasteiger partial charge on any atom is 0.343 e. The van der Waals surface area contributed by atoms with Gasteiger partial charge in [0.2, 0.25) is 0 Å². The van der Waals surface area contributed by atoms with Crippen LogP contribution < -0.4 is 33.8 Å². The second kappa shape index (κ2) is 16.5. The lowest BCUT2D eigenvalue weighted by Crippen LogP contribution is -2.40. The van der Waals surface area contributed by atoms with Gasteiger partial charge < -0.3 is 28.4 Å². The highest BCUT2D eigenvalue weighted by atomic mass is 79.9. The van der Waals surface area contributed by atoms with E-state index in [1.165, 1.54) is 18.8 Å². The summed E-state index contributed by atoms with van der Waals surface area (Å²) in [5, 5.41) is 9.15. The minimum atomic E-state index is -0.930. The number of rotatable bonds is 13. The van der Waals surface area contributed by atoms with Crippen molar-refractivity contribution in [3.63, 3.8) is 0 Å². The van der Waals surface area contributed by atoms with Crippen LogP contribution in [0.3, 0.4) is 0 Å². The van der Waals surface area contributed by atoms with Crippen molar-refractivity contribution < 1.29 is 38.0 Å². The predicted octanol–water partition coefficient (Wildman–Crippen LogP) is 4.97. The van der Waals surface area contributed by atoms with Gasteiger partial charge in [0, 0.05) is 10.0 Å². The Morgan fingerprint density at radius 3 is 2.43 bits per heavy atom. The molecule has 264 valence electrons. The number of carbonyl (C=O) groups excluding carboxylic acids is 2. The summed E-state index contributed by atoms with van der Waals surface area (Å²) in [5.74, 6) is 0.256. The fraction of sp³-hybridized carbons (Fsp3) is 0.270. The molecule has 0 amide bonds. The first-order valence-corrected chi connectivity index (χ1v) is 17.4. The van der Waals surface area contributed by atoms with Crippen LogP contribution in [0.1, 0.15) is 49.1 Å². The van der Waals surface area contributed by atoms with Gasteiger partial charge in [0.1, 0.15) is 6.61 Å². The SMILES string of the molecule is CCOC(=O)C1=C(C)N=c2s/c(=C/c3cc(Br)cc(OC)c3OCc3ccc(C#N)cc3)c(=O)n2[C@@H]1c1ccc(OCC(=O)OC)c(OCC)c1. The second-order valence-corrected chi connectivity index (χ2v) is 12.9. The number of fused-ring (bicyclic) bond motifs is 1. The molecule has 3 aromatic carbocycles. The van der Waals surface area contributed by atoms with E-state index in [0.717, 1.165) is 16.9 Å². The molecule has 0 spiro atoms. The van der Waals surface area contributed by atoms with Crippen molar-refractivity contribution in [3.8, 4) is 29.1 Å². The lowest BCUT2D eigenvalue weighted by atomic mass is 9.95. The molecule has 0 saturated heterocycles. The first kappa shape index (κ1) is 36.9. The van der Waals surface area contributed by atoms with Gasteiger partial charge in [-0.25, -0.2) is 14.6 Å². The van der Waals surface area contributed by atoms with Gasteiger partial charge in [-0.15, -0.1) is 0 Å². The summed E-state index contributed by atoms with van der Waals surface area (Å²) in [6.07, 6.45) is 1.70. The van der Waals surface area contributed by atoms with Gasteiger partial charge in [-0.2, -0.15) is 5.26 Å².